The van der Waals surface area contributed by atoms with Gasteiger partial charge in [0.2, 0.25) is 5.91 Å². The van der Waals surface area contributed by atoms with E-state index in [1.165, 1.54) is 11.8 Å². The van der Waals surface area contributed by atoms with Crippen LogP contribution in [0, 0.1) is 0 Å². The fourth-order valence-corrected chi connectivity index (χ4v) is 2.72. The Morgan fingerprint density at radius 1 is 1.43 bits per heavy atom. The molecule has 1 aliphatic rings. The summed E-state index contributed by atoms with van der Waals surface area (Å²) in [5.41, 5.74) is 0.869. The highest BCUT2D eigenvalue weighted by atomic mass is 32.2. The average Bonchev–Trinajstić information content (AvgIpc) is 2.94. The lowest BCUT2D eigenvalue weighted by atomic mass is 10.2. The number of benzene rings is 1. The molecule has 2 atom stereocenters. The molecule has 0 spiro atoms. The van der Waals surface area contributed by atoms with Gasteiger partial charge < -0.3 is 10.4 Å². The summed E-state index contributed by atoms with van der Waals surface area (Å²) in [4.78, 5) is 15.9. The Labute approximate surface area is 123 Å². The number of carbonyl (C=O) groups excluding carboxylic acids is 1. The number of hydrogen-bond donors (Lipinski definition) is 2. The normalized spacial score (nSPS) is 20.0. The first-order valence-electron chi connectivity index (χ1n) is 6.16. The Morgan fingerprint density at radius 3 is 2.71 bits per heavy atom. The third kappa shape index (κ3) is 4.21. The predicted octanol–water partition coefficient (Wildman–Crippen LogP) is 1.59. The van der Waals surface area contributed by atoms with Crippen LogP contribution in [0.3, 0.4) is 0 Å². The van der Waals surface area contributed by atoms with E-state index in [1.54, 1.807) is 0 Å². The van der Waals surface area contributed by atoms with Gasteiger partial charge in [-0.1, -0.05) is 30.3 Å². The molecule has 0 aliphatic carbocycles. The molecule has 1 aromatic carbocycles. The molecular weight excluding hydrogens is 305 g/mol. The SMILES string of the molecule is O=C(NCC(O)C(F)(F)F)C1CSC(c2ccccc2)=N1. The molecule has 114 valence electrons. The van der Waals surface area contributed by atoms with Crippen molar-refractivity contribution in [3.05, 3.63) is 35.9 Å². The topological polar surface area (TPSA) is 61.7 Å². The van der Waals surface area contributed by atoms with E-state index in [9.17, 15) is 18.0 Å². The van der Waals surface area contributed by atoms with Gasteiger partial charge in [0.05, 0.1) is 11.6 Å². The van der Waals surface area contributed by atoms with Crippen molar-refractivity contribution in [2.75, 3.05) is 12.3 Å². The molecule has 0 aromatic heterocycles. The predicted molar refractivity (Wildman–Crippen MR) is 74.3 cm³/mol. The van der Waals surface area contributed by atoms with Crippen molar-refractivity contribution >= 4 is 22.7 Å². The summed E-state index contributed by atoms with van der Waals surface area (Å²) in [6.45, 7) is -0.861. The third-order valence-corrected chi connectivity index (χ3v) is 3.92. The van der Waals surface area contributed by atoms with E-state index >= 15 is 0 Å². The number of nitrogens with zero attached hydrogens (tertiary/aromatic N) is 1. The number of halogens is 3. The molecule has 1 amide bonds. The lowest BCUT2D eigenvalue weighted by Crippen LogP contribution is -2.43. The summed E-state index contributed by atoms with van der Waals surface area (Å²) in [5, 5.41) is 11.6. The van der Waals surface area contributed by atoms with E-state index in [0.717, 1.165) is 5.56 Å². The first-order chi connectivity index (χ1) is 9.88. The van der Waals surface area contributed by atoms with E-state index in [4.69, 9.17) is 5.11 Å². The molecule has 1 aliphatic heterocycles. The molecule has 8 heteroatoms. The molecule has 2 N–H and O–H groups in total. The van der Waals surface area contributed by atoms with Gasteiger partial charge in [-0.05, 0) is 0 Å². The van der Waals surface area contributed by atoms with Gasteiger partial charge in [0.25, 0.3) is 0 Å². The van der Waals surface area contributed by atoms with Crippen LogP contribution in [0.1, 0.15) is 5.56 Å². The molecule has 0 radical (unpaired) electrons. The second-order valence-corrected chi connectivity index (χ2v) is 5.44. The highest BCUT2D eigenvalue weighted by Gasteiger charge is 2.38. The Hall–Kier alpha value is -1.54. The summed E-state index contributed by atoms with van der Waals surface area (Å²) in [6, 6.07) is 8.49. The number of aliphatic hydroxyl groups is 1. The van der Waals surface area contributed by atoms with Gasteiger partial charge in [-0.25, -0.2) is 0 Å². The second kappa shape index (κ2) is 6.48. The van der Waals surface area contributed by atoms with Gasteiger partial charge in [-0.2, -0.15) is 13.2 Å². The third-order valence-electron chi connectivity index (χ3n) is 2.82. The van der Waals surface area contributed by atoms with Gasteiger partial charge in [0.15, 0.2) is 6.10 Å². The van der Waals surface area contributed by atoms with Crippen molar-refractivity contribution in [1.82, 2.24) is 5.32 Å². The first-order valence-corrected chi connectivity index (χ1v) is 7.15. The molecule has 1 heterocycles. The standard InChI is InChI=1S/C13H13F3N2O2S/c14-13(15,16)10(19)6-17-11(20)9-7-21-12(18-9)8-4-2-1-3-5-8/h1-5,9-10,19H,6-7H2,(H,17,20). The van der Waals surface area contributed by atoms with Gasteiger partial charge in [-0.15, -0.1) is 11.8 Å². The molecular formula is C13H13F3N2O2S. The molecule has 2 rings (SSSR count). The summed E-state index contributed by atoms with van der Waals surface area (Å²) < 4.78 is 36.4. The first kappa shape index (κ1) is 15.8. The van der Waals surface area contributed by atoms with Crippen molar-refractivity contribution in [1.29, 1.82) is 0 Å². The van der Waals surface area contributed by atoms with Crippen molar-refractivity contribution in [2.24, 2.45) is 4.99 Å². The number of carbonyl (C=O) groups is 1. The number of aliphatic hydroxyl groups excluding tert-OH is 1. The molecule has 21 heavy (non-hydrogen) atoms. The maximum Gasteiger partial charge on any atom is 0.416 e. The van der Waals surface area contributed by atoms with Crippen LogP contribution in [0.2, 0.25) is 0 Å². The van der Waals surface area contributed by atoms with Crippen LogP contribution in [0.4, 0.5) is 13.2 Å². The molecule has 0 fully saturated rings. The Bertz CT molecular complexity index is 534. The second-order valence-electron chi connectivity index (χ2n) is 4.43. The fourth-order valence-electron chi connectivity index (χ4n) is 1.68. The average molecular weight is 318 g/mol. The van der Waals surface area contributed by atoms with E-state index in [2.05, 4.69) is 10.3 Å². The summed E-state index contributed by atoms with van der Waals surface area (Å²) in [6.07, 6.45) is -7.30. The van der Waals surface area contributed by atoms with E-state index in [-0.39, 0.29) is 0 Å². The van der Waals surface area contributed by atoms with Crippen molar-refractivity contribution in [3.8, 4) is 0 Å². The summed E-state index contributed by atoms with van der Waals surface area (Å²) >= 11 is 1.38. The molecule has 1 aromatic rings. The van der Waals surface area contributed by atoms with Crippen LogP contribution in [-0.2, 0) is 4.79 Å². The summed E-state index contributed by atoms with van der Waals surface area (Å²) in [7, 11) is 0. The van der Waals surface area contributed by atoms with Crippen LogP contribution in [0.25, 0.3) is 0 Å². The highest BCUT2D eigenvalue weighted by Crippen LogP contribution is 2.24. The van der Waals surface area contributed by atoms with Crippen molar-refractivity contribution in [2.45, 2.75) is 18.3 Å². The maximum atomic E-state index is 12.1. The molecule has 0 saturated carbocycles. The van der Waals surface area contributed by atoms with Crippen LogP contribution in [0.5, 0.6) is 0 Å². The van der Waals surface area contributed by atoms with Crippen LogP contribution in [-0.4, -0.2) is 46.7 Å². The largest absolute Gasteiger partial charge is 0.416 e. The molecule has 0 saturated heterocycles. The number of hydrogen-bond acceptors (Lipinski definition) is 4. The number of aliphatic imine (C=N–C) groups is 1. The zero-order chi connectivity index (χ0) is 15.5. The minimum Gasteiger partial charge on any atom is -0.382 e. The van der Waals surface area contributed by atoms with E-state index in [0.29, 0.717) is 10.8 Å². The van der Waals surface area contributed by atoms with Crippen molar-refractivity contribution in [3.63, 3.8) is 0 Å². The number of rotatable bonds is 4. The number of nitrogens with one attached hydrogen (secondary N) is 1. The minimum absolute atomic E-state index is 0.373. The van der Waals surface area contributed by atoms with E-state index < -0.39 is 30.8 Å². The van der Waals surface area contributed by atoms with Crippen LogP contribution in [0.15, 0.2) is 35.3 Å². The Balaban J connectivity index is 1.92. The fraction of sp³-hybridized carbons (Fsp3) is 0.385. The monoisotopic (exact) mass is 318 g/mol. The quantitative estimate of drug-likeness (QED) is 0.886. The van der Waals surface area contributed by atoms with Gasteiger partial charge in [-0.3, -0.25) is 9.79 Å². The number of thioether (sulfide) groups is 1. The molecule has 4 nitrogen and oxygen atoms in total. The number of amides is 1. The zero-order valence-electron chi connectivity index (χ0n) is 10.8. The highest BCUT2D eigenvalue weighted by molar-refractivity contribution is 8.14. The van der Waals surface area contributed by atoms with Gasteiger partial charge in [0.1, 0.15) is 6.04 Å². The molecule has 0 bridgehead atoms. The lowest BCUT2D eigenvalue weighted by molar-refractivity contribution is -0.201. The Kier molecular flexibility index (Phi) is 4.89. The zero-order valence-corrected chi connectivity index (χ0v) is 11.6. The minimum atomic E-state index is -4.74. The van der Waals surface area contributed by atoms with Crippen LogP contribution < -0.4 is 5.32 Å². The lowest BCUT2D eigenvalue weighted by Gasteiger charge is -2.15. The van der Waals surface area contributed by atoms with Gasteiger partial charge >= 0.3 is 6.18 Å². The Morgan fingerprint density at radius 2 is 2.10 bits per heavy atom. The van der Waals surface area contributed by atoms with E-state index in [1.807, 2.05) is 30.3 Å². The maximum absolute atomic E-state index is 12.1. The summed E-state index contributed by atoms with van der Waals surface area (Å²) in [5.74, 6) is -0.241. The van der Waals surface area contributed by atoms with Crippen LogP contribution >= 0.6 is 11.8 Å². The van der Waals surface area contributed by atoms with Gasteiger partial charge in [0, 0.05) is 11.3 Å². The van der Waals surface area contributed by atoms with Crippen molar-refractivity contribution < 1.29 is 23.1 Å². The smallest absolute Gasteiger partial charge is 0.382 e. The number of alkyl halides is 3. The molecule has 2 unspecified atom stereocenters.